The van der Waals surface area contributed by atoms with Crippen LogP contribution in [0, 0.1) is 5.92 Å². The lowest BCUT2D eigenvalue weighted by Crippen LogP contribution is -2.28. The second kappa shape index (κ2) is 7.49. The summed E-state index contributed by atoms with van der Waals surface area (Å²) in [6.45, 7) is 5.24. The Bertz CT molecular complexity index is 372. The molecule has 3 nitrogen and oxygen atoms in total. The maximum Gasteiger partial charge on any atom is 0.0440 e. The smallest absolute Gasteiger partial charge is 0.0440 e. The van der Waals surface area contributed by atoms with E-state index < -0.39 is 0 Å². The van der Waals surface area contributed by atoms with Gasteiger partial charge in [0.2, 0.25) is 0 Å². The van der Waals surface area contributed by atoms with Crippen LogP contribution in [0.3, 0.4) is 0 Å². The number of hydrogen-bond acceptors (Lipinski definition) is 3. The number of pyridine rings is 1. The van der Waals surface area contributed by atoms with Gasteiger partial charge in [-0.2, -0.15) is 0 Å². The Balaban J connectivity index is 1.98. The van der Waals surface area contributed by atoms with Crippen molar-refractivity contribution in [3.05, 3.63) is 24.0 Å². The third kappa shape index (κ3) is 4.20. The zero-order chi connectivity index (χ0) is 13.5. The Labute approximate surface area is 117 Å². The highest BCUT2D eigenvalue weighted by atomic mass is 15.1. The van der Waals surface area contributed by atoms with Crippen molar-refractivity contribution in [1.29, 1.82) is 0 Å². The molecule has 3 heteroatoms. The van der Waals surface area contributed by atoms with Gasteiger partial charge in [0.05, 0.1) is 0 Å². The maximum atomic E-state index is 4.26. The highest BCUT2D eigenvalue weighted by Gasteiger charge is 2.16. The second-order valence-corrected chi connectivity index (χ2v) is 5.67. The Morgan fingerprint density at radius 3 is 2.84 bits per heavy atom. The molecule has 2 rings (SSSR count). The third-order valence-electron chi connectivity index (χ3n) is 4.11. The average molecular weight is 261 g/mol. The van der Waals surface area contributed by atoms with Crippen molar-refractivity contribution in [2.24, 2.45) is 5.92 Å². The summed E-state index contributed by atoms with van der Waals surface area (Å²) >= 11 is 0. The summed E-state index contributed by atoms with van der Waals surface area (Å²) in [5.41, 5.74) is 2.64. The Morgan fingerprint density at radius 1 is 1.32 bits per heavy atom. The summed E-state index contributed by atoms with van der Waals surface area (Å²) in [6, 6.07) is 2.15. The molecule has 0 unspecified atom stereocenters. The molecular weight excluding hydrogens is 234 g/mol. The molecule has 1 aliphatic carbocycles. The van der Waals surface area contributed by atoms with Crippen molar-refractivity contribution in [3.63, 3.8) is 0 Å². The van der Waals surface area contributed by atoms with Crippen molar-refractivity contribution in [1.82, 2.24) is 10.3 Å². The molecule has 1 aromatic heterocycles. The van der Waals surface area contributed by atoms with Crippen LogP contribution in [0.4, 0.5) is 5.69 Å². The molecule has 0 aromatic carbocycles. The zero-order valence-electron chi connectivity index (χ0n) is 12.4. The molecule has 1 aromatic rings. The lowest BCUT2D eigenvalue weighted by molar-refractivity contribution is 0.362. The van der Waals surface area contributed by atoms with Crippen molar-refractivity contribution in [2.75, 3.05) is 25.0 Å². The van der Waals surface area contributed by atoms with Crippen LogP contribution in [0.15, 0.2) is 18.5 Å². The van der Waals surface area contributed by atoms with E-state index in [0.717, 1.165) is 19.0 Å². The zero-order valence-corrected chi connectivity index (χ0v) is 12.4. The fraction of sp³-hybridized carbons (Fsp3) is 0.688. The Kier molecular flexibility index (Phi) is 5.64. The second-order valence-electron chi connectivity index (χ2n) is 5.67. The molecule has 0 saturated heterocycles. The summed E-state index contributed by atoms with van der Waals surface area (Å²) in [4.78, 5) is 6.68. The molecule has 0 radical (unpaired) electrons. The molecule has 1 heterocycles. The summed E-state index contributed by atoms with van der Waals surface area (Å²) in [5, 5.41) is 3.40. The molecule has 1 N–H and O–H groups in total. The number of nitrogens with one attached hydrogen (secondary N) is 1. The first-order valence-electron chi connectivity index (χ1n) is 7.66. The highest BCUT2D eigenvalue weighted by molar-refractivity contribution is 5.51. The normalized spacial score (nSPS) is 16.5. The maximum absolute atomic E-state index is 4.26. The van der Waals surface area contributed by atoms with Crippen LogP contribution in [-0.2, 0) is 6.54 Å². The van der Waals surface area contributed by atoms with Crippen molar-refractivity contribution >= 4 is 5.69 Å². The van der Waals surface area contributed by atoms with Crippen LogP contribution in [0.1, 0.15) is 44.6 Å². The van der Waals surface area contributed by atoms with Crippen LogP contribution < -0.4 is 10.2 Å². The monoisotopic (exact) mass is 261 g/mol. The van der Waals surface area contributed by atoms with E-state index in [1.807, 2.05) is 12.4 Å². The first-order chi connectivity index (χ1) is 9.31. The topological polar surface area (TPSA) is 28.2 Å². The van der Waals surface area contributed by atoms with Crippen LogP contribution in [-0.4, -0.2) is 25.1 Å². The fourth-order valence-corrected chi connectivity index (χ4v) is 3.04. The van der Waals surface area contributed by atoms with Gasteiger partial charge < -0.3 is 10.2 Å². The number of nitrogens with zero attached hydrogens (tertiary/aromatic N) is 2. The molecule has 0 aliphatic heterocycles. The summed E-state index contributed by atoms with van der Waals surface area (Å²) in [5.74, 6) is 0.874. The quantitative estimate of drug-likeness (QED) is 0.852. The van der Waals surface area contributed by atoms with Gasteiger partial charge in [-0.15, -0.1) is 0 Å². The van der Waals surface area contributed by atoms with E-state index in [-0.39, 0.29) is 0 Å². The van der Waals surface area contributed by atoms with E-state index >= 15 is 0 Å². The van der Waals surface area contributed by atoms with E-state index in [4.69, 9.17) is 0 Å². The van der Waals surface area contributed by atoms with Gasteiger partial charge in [0.1, 0.15) is 0 Å². The van der Waals surface area contributed by atoms with E-state index in [2.05, 4.69) is 35.2 Å². The van der Waals surface area contributed by atoms with Gasteiger partial charge in [-0.25, -0.2) is 0 Å². The van der Waals surface area contributed by atoms with Gasteiger partial charge in [0, 0.05) is 43.8 Å². The first kappa shape index (κ1) is 14.3. The van der Waals surface area contributed by atoms with Gasteiger partial charge >= 0.3 is 0 Å². The minimum Gasteiger partial charge on any atom is -0.374 e. The van der Waals surface area contributed by atoms with E-state index in [9.17, 15) is 0 Å². The lowest BCUT2D eigenvalue weighted by atomic mass is 9.89. The van der Waals surface area contributed by atoms with Crippen LogP contribution in [0.5, 0.6) is 0 Å². The van der Waals surface area contributed by atoms with Gasteiger partial charge in [-0.1, -0.05) is 26.2 Å². The number of anilines is 1. The third-order valence-corrected chi connectivity index (χ3v) is 4.11. The van der Waals surface area contributed by atoms with Crippen LogP contribution in [0.2, 0.25) is 0 Å². The molecule has 0 bridgehead atoms. The summed E-state index contributed by atoms with van der Waals surface area (Å²) in [6.07, 6.45) is 11.0. The number of rotatable bonds is 6. The van der Waals surface area contributed by atoms with E-state index in [0.29, 0.717) is 0 Å². The largest absolute Gasteiger partial charge is 0.374 e. The standard InChI is InChI=1S/C16H27N3/c1-3-17-11-15-12-18-10-9-16(15)19(2)13-14-7-5-4-6-8-14/h9-10,12,14,17H,3-8,11,13H2,1-2H3. The summed E-state index contributed by atoms with van der Waals surface area (Å²) < 4.78 is 0. The Hall–Kier alpha value is -1.09. The van der Waals surface area contributed by atoms with Crippen molar-refractivity contribution < 1.29 is 0 Å². The molecule has 0 amide bonds. The molecule has 0 atom stereocenters. The first-order valence-corrected chi connectivity index (χ1v) is 7.66. The minimum absolute atomic E-state index is 0.874. The molecule has 1 fully saturated rings. The van der Waals surface area contributed by atoms with Crippen LogP contribution in [0.25, 0.3) is 0 Å². The van der Waals surface area contributed by atoms with Gasteiger partial charge in [0.15, 0.2) is 0 Å². The predicted octanol–water partition coefficient (Wildman–Crippen LogP) is 3.21. The SMILES string of the molecule is CCNCc1cnccc1N(C)CC1CCCCC1. The predicted molar refractivity (Wildman–Crippen MR) is 81.5 cm³/mol. The van der Waals surface area contributed by atoms with Gasteiger partial charge in [-0.05, 0) is 31.4 Å². The van der Waals surface area contributed by atoms with Crippen molar-refractivity contribution in [3.8, 4) is 0 Å². The van der Waals surface area contributed by atoms with Gasteiger partial charge in [-0.3, -0.25) is 4.98 Å². The fourth-order valence-electron chi connectivity index (χ4n) is 3.04. The van der Waals surface area contributed by atoms with E-state index in [1.54, 1.807) is 0 Å². The molecule has 106 valence electrons. The highest BCUT2D eigenvalue weighted by Crippen LogP contribution is 2.26. The number of aromatic nitrogens is 1. The number of hydrogen-bond donors (Lipinski definition) is 1. The van der Waals surface area contributed by atoms with Crippen LogP contribution >= 0.6 is 0 Å². The summed E-state index contributed by atoms with van der Waals surface area (Å²) in [7, 11) is 2.22. The molecular formula is C16H27N3. The van der Waals surface area contributed by atoms with E-state index in [1.165, 1.54) is 49.9 Å². The average Bonchev–Trinajstić information content (AvgIpc) is 2.46. The minimum atomic E-state index is 0.874. The molecule has 19 heavy (non-hydrogen) atoms. The Morgan fingerprint density at radius 2 is 2.11 bits per heavy atom. The van der Waals surface area contributed by atoms with Crippen molar-refractivity contribution in [2.45, 2.75) is 45.6 Å². The molecule has 1 aliphatic rings. The molecule has 0 spiro atoms. The van der Waals surface area contributed by atoms with Gasteiger partial charge in [0.25, 0.3) is 0 Å². The lowest BCUT2D eigenvalue weighted by Gasteiger charge is -2.29. The molecule has 1 saturated carbocycles.